The topological polar surface area (TPSA) is 69.4 Å². The van der Waals surface area contributed by atoms with Crippen molar-refractivity contribution >= 4 is 11.7 Å². The average molecular weight is 227 g/mol. The largest absolute Gasteiger partial charge is 0.469 e. The molecule has 1 rings (SSSR count). The number of hydrogen-bond donors (Lipinski definition) is 0. The van der Waals surface area contributed by atoms with Crippen LogP contribution < -0.4 is 0 Å². The van der Waals surface area contributed by atoms with E-state index in [0.29, 0.717) is 0 Å². The van der Waals surface area contributed by atoms with Crippen molar-refractivity contribution < 1.29 is 18.8 Å². The molecule has 0 aromatic heterocycles. The van der Waals surface area contributed by atoms with Gasteiger partial charge in [0.15, 0.2) is 0 Å². The third-order valence-electron chi connectivity index (χ3n) is 2.12. The average Bonchev–Trinajstić information content (AvgIpc) is 2.22. The second kappa shape index (κ2) is 4.69. The molecule has 0 heterocycles. The monoisotopic (exact) mass is 227 g/mol. The molecule has 0 atom stereocenters. The summed E-state index contributed by atoms with van der Waals surface area (Å²) in [6, 6.07) is 2.10. The lowest BCUT2D eigenvalue weighted by atomic mass is 10.1. The Morgan fingerprint density at radius 2 is 2.19 bits per heavy atom. The Kier molecular flexibility index (Phi) is 3.55. The van der Waals surface area contributed by atoms with E-state index < -0.39 is 22.4 Å². The van der Waals surface area contributed by atoms with Crippen LogP contribution >= 0.6 is 0 Å². The van der Waals surface area contributed by atoms with Gasteiger partial charge in [-0.15, -0.1) is 0 Å². The summed E-state index contributed by atoms with van der Waals surface area (Å²) in [6.45, 7) is 1.47. The number of halogens is 1. The summed E-state index contributed by atoms with van der Waals surface area (Å²) in [4.78, 5) is 20.9. The van der Waals surface area contributed by atoms with Gasteiger partial charge in [0, 0.05) is 5.56 Å². The van der Waals surface area contributed by atoms with Crippen LogP contribution in [0, 0.1) is 22.9 Å². The van der Waals surface area contributed by atoms with Crippen LogP contribution in [0.2, 0.25) is 0 Å². The molecule has 5 nitrogen and oxygen atoms in total. The molecule has 0 aliphatic heterocycles. The number of carbonyl (C=O) groups is 1. The van der Waals surface area contributed by atoms with Gasteiger partial charge in [-0.1, -0.05) is 0 Å². The fourth-order valence-electron chi connectivity index (χ4n) is 1.27. The molecule has 16 heavy (non-hydrogen) atoms. The zero-order chi connectivity index (χ0) is 12.3. The Hall–Kier alpha value is -1.98. The highest BCUT2D eigenvalue weighted by Gasteiger charge is 2.19. The zero-order valence-corrected chi connectivity index (χ0v) is 8.82. The summed E-state index contributed by atoms with van der Waals surface area (Å²) in [7, 11) is 1.19. The Labute approximate surface area is 91.0 Å². The summed E-state index contributed by atoms with van der Waals surface area (Å²) in [5.74, 6) is -1.27. The molecule has 6 heteroatoms. The lowest BCUT2D eigenvalue weighted by Crippen LogP contribution is -2.07. The molecule has 0 aliphatic carbocycles. The first kappa shape index (κ1) is 12.1. The fourth-order valence-corrected chi connectivity index (χ4v) is 1.27. The fraction of sp³-hybridized carbons (Fsp3) is 0.300. The molecular formula is C10H10FNO4. The van der Waals surface area contributed by atoms with E-state index in [9.17, 15) is 19.3 Å². The number of nitrogens with zero attached hydrogens (tertiary/aromatic N) is 1. The summed E-state index contributed by atoms with van der Waals surface area (Å²) in [5.41, 5.74) is -0.00578. The highest BCUT2D eigenvalue weighted by molar-refractivity contribution is 5.74. The van der Waals surface area contributed by atoms with E-state index in [1.165, 1.54) is 20.1 Å². The summed E-state index contributed by atoms with van der Waals surface area (Å²) in [5, 5.41) is 10.6. The predicted octanol–water partition coefficient (Wildman–Crippen LogP) is 1.76. The van der Waals surface area contributed by atoms with E-state index in [4.69, 9.17) is 0 Å². The maximum Gasteiger partial charge on any atom is 0.310 e. The van der Waals surface area contributed by atoms with Gasteiger partial charge in [0.1, 0.15) is 5.82 Å². The normalized spacial score (nSPS) is 9.94. The number of benzene rings is 1. The summed E-state index contributed by atoms with van der Waals surface area (Å²) in [6.07, 6.45) is -0.242. The minimum absolute atomic E-state index is 0.149. The molecule has 0 saturated carbocycles. The molecule has 0 amide bonds. The molecule has 0 fully saturated rings. The summed E-state index contributed by atoms with van der Waals surface area (Å²) < 4.78 is 17.5. The molecule has 0 spiro atoms. The zero-order valence-electron chi connectivity index (χ0n) is 8.82. The molecule has 0 saturated heterocycles. The van der Waals surface area contributed by atoms with E-state index in [-0.39, 0.29) is 17.5 Å². The van der Waals surface area contributed by atoms with Crippen LogP contribution in [0.1, 0.15) is 11.1 Å². The van der Waals surface area contributed by atoms with E-state index in [0.717, 1.165) is 6.07 Å². The van der Waals surface area contributed by atoms with Crippen molar-refractivity contribution in [3.05, 3.63) is 39.2 Å². The molecule has 0 radical (unpaired) electrons. The number of hydrogen-bond acceptors (Lipinski definition) is 4. The van der Waals surface area contributed by atoms with E-state index in [1.807, 2.05) is 0 Å². The van der Waals surface area contributed by atoms with Crippen LogP contribution in [0.4, 0.5) is 10.1 Å². The second-order valence-electron chi connectivity index (χ2n) is 3.24. The van der Waals surface area contributed by atoms with Crippen molar-refractivity contribution in [3.63, 3.8) is 0 Å². The standard InChI is InChI=1S/C10H10FNO4/c1-6-3-7(4-10(13)16-2)9(12(14)15)5-8(6)11/h3,5H,4H2,1-2H3. The Morgan fingerprint density at radius 1 is 1.56 bits per heavy atom. The number of ether oxygens (including phenoxy) is 1. The molecular weight excluding hydrogens is 217 g/mol. The van der Waals surface area contributed by atoms with Crippen molar-refractivity contribution in [2.45, 2.75) is 13.3 Å². The van der Waals surface area contributed by atoms with E-state index in [1.54, 1.807) is 0 Å². The number of esters is 1. The quantitative estimate of drug-likeness (QED) is 0.448. The number of carbonyl (C=O) groups excluding carboxylic acids is 1. The van der Waals surface area contributed by atoms with Crippen LogP contribution in [-0.2, 0) is 16.0 Å². The molecule has 1 aromatic rings. The van der Waals surface area contributed by atoms with Gasteiger partial charge in [-0.3, -0.25) is 14.9 Å². The maximum atomic E-state index is 13.1. The first-order valence-electron chi connectivity index (χ1n) is 4.46. The SMILES string of the molecule is COC(=O)Cc1cc(C)c(F)cc1[N+](=O)[O-]. The van der Waals surface area contributed by atoms with Crippen LogP contribution in [0.25, 0.3) is 0 Å². The lowest BCUT2D eigenvalue weighted by Gasteiger charge is -2.04. The van der Waals surface area contributed by atoms with Gasteiger partial charge in [-0.25, -0.2) is 4.39 Å². The van der Waals surface area contributed by atoms with Crippen LogP contribution in [0.3, 0.4) is 0 Å². The first-order valence-corrected chi connectivity index (χ1v) is 4.46. The molecule has 86 valence electrons. The van der Waals surface area contributed by atoms with Crippen LogP contribution in [0.5, 0.6) is 0 Å². The van der Waals surface area contributed by atoms with Crippen molar-refractivity contribution in [2.24, 2.45) is 0 Å². The molecule has 0 unspecified atom stereocenters. The van der Waals surface area contributed by atoms with Gasteiger partial charge in [0.25, 0.3) is 5.69 Å². The molecule has 0 N–H and O–H groups in total. The Balaban J connectivity index is 3.19. The Bertz CT molecular complexity index is 445. The first-order chi connectivity index (χ1) is 7.45. The lowest BCUT2D eigenvalue weighted by molar-refractivity contribution is -0.385. The Morgan fingerprint density at radius 3 is 2.69 bits per heavy atom. The van der Waals surface area contributed by atoms with E-state index >= 15 is 0 Å². The number of rotatable bonds is 3. The highest BCUT2D eigenvalue weighted by Crippen LogP contribution is 2.23. The smallest absolute Gasteiger partial charge is 0.310 e. The van der Waals surface area contributed by atoms with E-state index in [2.05, 4.69) is 4.74 Å². The van der Waals surface area contributed by atoms with Gasteiger partial charge in [0.2, 0.25) is 0 Å². The predicted molar refractivity (Wildman–Crippen MR) is 53.5 cm³/mol. The number of nitro groups is 1. The van der Waals surface area contributed by atoms with Crippen molar-refractivity contribution in [1.82, 2.24) is 0 Å². The number of methoxy groups -OCH3 is 1. The van der Waals surface area contributed by atoms with Gasteiger partial charge < -0.3 is 4.74 Å². The summed E-state index contributed by atoms with van der Waals surface area (Å²) >= 11 is 0. The third-order valence-corrected chi connectivity index (χ3v) is 2.12. The van der Waals surface area contributed by atoms with Gasteiger partial charge in [0.05, 0.1) is 24.5 Å². The highest BCUT2D eigenvalue weighted by atomic mass is 19.1. The molecule has 0 aliphatic rings. The van der Waals surface area contributed by atoms with Gasteiger partial charge >= 0.3 is 5.97 Å². The maximum absolute atomic E-state index is 13.1. The second-order valence-corrected chi connectivity index (χ2v) is 3.24. The van der Waals surface area contributed by atoms with Crippen molar-refractivity contribution in [2.75, 3.05) is 7.11 Å². The molecule has 0 bridgehead atoms. The minimum Gasteiger partial charge on any atom is -0.469 e. The van der Waals surface area contributed by atoms with Gasteiger partial charge in [-0.05, 0) is 18.6 Å². The third kappa shape index (κ3) is 2.53. The van der Waals surface area contributed by atoms with Crippen molar-refractivity contribution in [1.29, 1.82) is 0 Å². The molecule has 1 aromatic carbocycles. The van der Waals surface area contributed by atoms with Crippen molar-refractivity contribution in [3.8, 4) is 0 Å². The minimum atomic E-state index is -0.721. The van der Waals surface area contributed by atoms with Gasteiger partial charge in [-0.2, -0.15) is 0 Å². The van der Waals surface area contributed by atoms with Crippen LogP contribution in [-0.4, -0.2) is 18.0 Å². The van der Waals surface area contributed by atoms with Crippen LogP contribution in [0.15, 0.2) is 12.1 Å². The number of nitro benzene ring substituents is 1. The number of aryl methyl sites for hydroxylation is 1.